The predicted octanol–water partition coefficient (Wildman–Crippen LogP) is 3.34. The molecule has 98 valence electrons. The molecule has 0 amide bonds. The molecule has 0 spiro atoms. The fourth-order valence-corrected chi connectivity index (χ4v) is 2.22. The van der Waals surface area contributed by atoms with Gasteiger partial charge in [-0.05, 0) is 31.4 Å². The average molecular weight is 273 g/mol. The smallest absolute Gasteiger partial charge is 0.309 e. The van der Waals surface area contributed by atoms with Crippen LogP contribution in [0.25, 0.3) is 0 Å². The Hall–Kier alpha value is -1.29. The van der Waals surface area contributed by atoms with E-state index < -0.39 is 11.4 Å². The third kappa shape index (κ3) is 2.58. The number of carbonyl (C=O) groups is 1. The first-order valence-electron chi connectivity index (χ1n) is 5.76. The summed E-state index contributed by atoms with van der Waals surface area (Å²) in [5, 5.41) is 0.214. The van der Waals surface area contributed by atoms with Crippen molar-refractivity contribution in [2.45, 2.75) is 31.3 Å². The van der Waals surface area contributed by atoms with Crippen molar-refractivity contribution in [3.8, 4) is 5.75 Å². The van der Waals surface area contributed by atoms with Gasteiger partial charge in [0.1, 0.15) is 5.60 Å². The van der Waals surface area contributed by atoms with Crippen molar-refractivity contribution < 1.29 is 18.7 Å². The van der Waals surface area contributed by atoms with Gasteiger partial charge >= 0.3 is 5.97 Å². The second-order valence-electron chi connectivity index (χ2n) is 4.44. The van der Waals surface area contributed by atoms with Gasteiger partial charge in [-0.25, -0.2) is 4.39 Å². The van der Waals surface area contributed by atoms with Crippen LogP contribution in [0.5, 0.6) is 5.75 Å². The summed E-state index contributed by atoms with van der Waals surface area (Å²) >= 11 is 5.91. The number of hydrogen-bond acceptors (Lipinski definition) is 3. The van der Waals surface area contributed by atoms with Gasteiger partial charge in [-0.3, -0.25) is 4.79 Å². The Morgan fingerprint density at radius 3 is 2.72 bits per heavy atom. The lowest BCUT2D eigenvalue weighted by Gasteiger charge is -2.41. The van der Waals surface area contributed by atoms with E-state index in [9.17, 15) is 9.18 Å². The standard InChI is InChI=1S/C13H14ClFO3/c1-17-11(16)8-13(6-3-7-13)18-12-9(14)4-2-5-10(12)15/h2,4-5H,3,6-8H2,1H3. The molecule has 1 aromatic rings. The van der Waals surface area contributed by atoms with Crippen molar-refractivity contribution in [3.05, 3.63) is 29.0 Å². The van der Waals surface area contributed by atoms with E-state index in [1.54, 1.807) is 6.07 Å². The number of carbonyl (C=O) groups excluding carboxylic acids is 1. The molecule has 0 aliphatic heterocycles. The topological polar surface area (TPSA) is 35.5 Å². The molecular formula is C13H14ClFO3. The van der Waals surface area contributed by atoms with Gasteiger partial charge < -0.3 is 9.47 Å². The minimum Gasteiger partial charge on any atom is -0.482 e. The predicted molar refractivity (Wildman–Crippen MR) is 65.3 cm³/mol. The third-order valence-corrected chi connectivity index (χ3v) is 3.49. The second kappa shape index (κ2) is 5.14. The Morgan fingerprint density at radius 1 is 1.50 bits per heavy atom. The highest BCUT2D eigenvalue weighted by atomic mass is 35.5. The summed E-state index contributed by atoms with van der Waals surface area (Å²) in [5.74, 6) is -0.858. The molecule has 0 aromatic heterocycles. The van der Waals surface area contributed by atoms with Crippen molar-refractivity contribution in [3.63, 3.8) is 0 Å². The summed E-state index contributed by atoms with van der Waals surface area (Å²) in [6.45, 7) is 0. The van der Waals surface area contributed by atoms with Crippen LogP contribution in [-0.4, -0.2) is 18.7 Å². The molecule has 1 aromatic carbocycles. The number of rotatable bonds is 4. The lowest BCUT2D eigenvalue weighted by atomic mass is 9.77. The first-order chi connectivity index (χ1) is 8.56. The van der Waals surface area contributed by atoms with Crippen molar-refractivity contribution in [2.24, 2.45) is 0 Å². The fraction of sp³-hybridized carbons (Fsp3) is 0.462. The van der Waals surface area contributed by atoms with Crippen molar-refractivity contribution >= 4 is 17.6 Å². The van der Waals surface area contributed by atoms with Crippen LogP contribution in [0.15, 0.2) is 18.2 Å². The zero-order chi connectivity index (χ0) is 13.2. The molecule has 0 N–H and O–H groups in total. The third-order valence-electron chi connectivity index (χ3n) is 3.20. The number of halogens is 2. The summed E-state index contributed by atoms with van der Waals surface area (Å²) in [5.41, 5.74) is -0.668. The molecule has 2 rings (SSSR count). The van der Waals surface area contributed by atoms with Gasteiger partial charge in [-0.15, -0.1) is 0 Å². The van der Waals surface area contributed by atoms with E-state index in [4.69, 9.17) is 16.3 Å². The van der Waals surface area contributed by atoms with Gasteiger partial charge in [0.25, 0.3) is 0 Å². The quantitative estimate of drug-likeness (QED) is 0.789. The Labute approximate surface area is 110 Å². The minimum absolute atomic E-state index is 0.0165. The highest BCUT2D eigenvalue weighted by molar-refractivity contribution is 6.32. The number of benzene rings is 1. The zero-order valence-electron chi connectivity index (χ0n) is 10.0. The molecule has 3 nitrogen and oxygen atoms in total. The monoisotopic (exact) mass is 272 g/mol. The first kappa shape index (κ1) is 13.1. The highest BCUT2D eigenvalue weighted by Gasteiger charge is 2.42. The maximum absolute atomic E-state index is 13.6. The highest BCUT2D eigenvalue weighted by Crippen LogP contribution is 2.42. The van der Waals surface area contributed by atoms with Crippen LogP contribution in [0.2, 0.25) is 5.02 Å². The summed E-state index contributed by atoms with van der Waals surface area (Å²) < 4.78 is 23.9. The van der Waals surface area contributed by atoms with Gasteiger partial charge in [0.15, 0.2) is 11.6 Å². The normalized spacial score (nSPS) is 16.8. The molecule has 1 saturated carbocycles. The molecular weight excluding hydrogens is 259 g/mol. The van der Waals surface area contributed by atoms with Gasteiger partial charge in [0.2, 0.25) is 0 Å². The number of para-hydroxylation sites is 1. The number of esters is 1. The molecule has 0 atom stereocenters. The maximum Gasteiger partial charge on any atom is 0.309 e. The van der Waals surface area contributed by atoms with Gasteiger partial charge in [0, 0.05) is 0 Å². The van der Waals surface area contributed by atoms with E-state index in [0.717, 1.165) is 6.42 Å². The van der Waals surface area contributed by atoms with Crippen LogP contribution < -0.4 is 4.74 Å². The van der Waals surface area contributed by atoms with Gasteiger partial charge in [0.05, 0.1) is 18.6 Å². The zero-order valence-corrected chi connectivity index (χ0v) is 10.8. The molecule has 5 heteroatoms. The summed E-state index contributed by atoms with van der Waals surface area (Å²) in [6.07, 6.45) is 2.47. The lowest BCUT2D eigenvalue weighted by Crippen LogP contribution is -2.45. The van der Waals surface area contributed by atoms with Crippen LogP contribution in [0.3, 0.4) is 0 Å². The lowest BCUT2D eigenvalue weighted by molar-refractivity contribution is -0.148. The Bertz CT molecular complexity index is 437. The van der Waals surface area contributed by atoms with E-state index in [-0.39, 0.29) is 23.2 Å². The van der Waals surface area contributed by atoms with Crippen LogP contribution in [-0.2, 0) is 9.53 Å². The molecule has 0 bridgehead atoms. The Balaban J connectivity index is 2.18. The number of hydrogen-bond donors (Lipinski definition) is 0. The largest absolute Gasteiger partial charge is 0.482 e. The van der Waals surface area contributed by atoms with Crippen LogP contribution >= 0.6 is 11.6 Å². The second-order valence-corrected chi connectivity index (χ2v) is 4.85. The molecule has 0 radical (unpaired) electrons. The SMILES string of the molecule is COC(=O)CC1(Oc2c(F)cccc2Cl)CCC1. The Morgan fingerprint density at radius 2 is 2.22 bits per heavy atom. The van der Waals surface area contributed by atoms with Crippen LogP contribution in [0, 0.1) is 5.82 Å². The van der Waals surface area contributed by atoms with Crippen LogP contribution in [0.4, 0.5) is 4.39 Å². The molecule has 0 unspecified atom stereocenters. The summed E-state index contributed by atoms with van der Waals surface area (Å²) in [7, 11) is 1.32. The molecule has 0 heterocycles. The van der Waals surface area contributed by atoms with Gasteiger partial charge in [-0.1, -0.05) is 17.7 Å². The van der Waals surface area contributed by atoms with E-state index in [1.807, 2.05) is 0 Å². The Kier molecular flexibility index (Phi) is 3.76. The van der Waals surface area contributed by atoms with E-state index in [0.29, 0.717) is 12.8 Å². The first-order valence-corrected chi connectivity index (χ1v) is 6.14. The summed E-state index contributed by atoms with van der Waals surface area (Å²) in [6, 6.07) is 4.36. The maximum atomic E-state index is 13.6. The number of methoxy groups -OCH3 is 1. The molecule has 0 saturated heterocycles. The average Bonchev–Trinajstić information content (AvgIpc) is 2.30. The van der Waals surface area contributed by atoms with Crippen molar-refractivity contribution in [2.75, 3.05) is 7.11 Å². The molecule has 1 aliphatic rings. The van der Waals surface area contributed by atoms with Gasteiger partial charge in [-0.2, -0.15) is 0 Å². The summed E-state index contributed by atoms with van der Waals surface area (Å²) in [4.78, 5) is 11.4. The van der Waals surface area contributed by atoms with Crippen molar-refractivity contribution in [1.29, 1.82) is 0 Å². The van der Waals surface area contributed by atoms with E-state index in [1.165, 1.54) is 19.2 Å². The van der Waals surface area contributed by atoms with E-state index >= 15 is 0 Å². The molecule has 1 fully saturated rings. The minimum atomic E-state index is -0.668. The molecule has 18 heavy (non-hydrogen) atoms. The van der Waals surface area contributed by atoms with Crippen LogP contribution in [0.1, 0.15) is 25.7 Å². The molecule has 1 aliphatic carbocycles. The number of ether oxygens (including phenoxy) is 2. The fourth-order valence-electron chi connectivity index (χ4n) is 2.02. The van der Waals surface area contributed by atoms with Crippen molar-refractivity contribution in [1.82, 2.24) is 0 Å². The van der Waals surface area contributed by atoms with E-state index in [2.05, 4.69) is 4.74 Å².